The second kappa shape index (κ2) is 6.98. The number of hydrogen-bond acceptors (Lipinski definition) is 5. The van der Waals surface area contributed by atoms with E-state index in [-0.39, 0.29) is 36.8 Å². The molecule has 0 heterocycles. The van der Waals surface area contributed by atoms with Gasteiger partial charge in [0, 0.05) is 12.3 Å². The molecular weight excluding hydrogens is 320 g/mol. The van der Waals surface area contributed by atoms with Crippen LogP contribution in [0.4, 0.5) is 0 Å². The maximum absolute atomic E-state index is 12.6. The van der Waals surface area contributed by atoms with Gasteiger partial charge in [0.15, 0.2) is 5.41 Å². The molecule has 2 fully saturated rings. The number of hydrogen-bond donors (Lipinski definition) is 0. The highest BCUT2D eigenvalue weighted by Crippen LogP contribution is 2.57. The third kappa shape index (κ3) is 2.96. The fourth-order valence-electron chi connectivity index (χ4n) is 4.54. The van der Waals surface area contributed by atoms with Gasteiger partial charge in [-0.2, -0.15) is 0 Å². The number of esters is 2. The molecule has 2 aliphatic rings. The van der Waals surface area contributed by atoms with E-state index in [1.807, 2.05) is 30.3 Å². The average Bonchev–Trinajstić information content (AvgIpc) is 3.10. The van der Waals surface area contributed by atoms with E-state index in [9.17, 15) is 14.4 Å². The van der Waals surface area contributed by atoms with Crippen molar-refractivity contribution in [2.45, 2.75) is 39.0 Å². The first-order chi connectivity index (χ1) is 12.0. The summed E-state index contributed by atoms with van der Waals surface area (Å²) in [6.45, 7) is 3.89. The fraction of sp³-hybridized carbons (Fsp3) is 0.550. The number of Topliss-reactive ketones (excluding diaryl/α,β-unsaturated/α-hetero) is 1. The van der Waals surface area contributed by atoms with E-state index in [1.54, 1.807) is 13.8 Å². The first kappa shape index (κ1) is 17.6. The molecule has 0 aromatic heterocycles. The van der Waals surface area contributed by atoms with E-state index in [0.29, 0.717) is 19.3 Å². The topological polar surface area (TPSA) is 69.7 Å². The van der Waals surface area contributed by atoms with Crippen molar-refractivity contribution in [3.05, 3.63) is 35.9 Å². The fourth-order valence-corrected chi connectivity index (χ4v) is 4.54. The summed E-state index contributed by atoms with van der Waals surface area (Å²) in [6.07, 6.45) is 1.07. The minimum atomic E-state index is -1.27. The quantitative estimate of drug-likeness (QED) is 0.607. The van der Waals surface area contributed by atoms with Gasteiger partial charge in [0.05, 0.1) is 13.2 Å². The maximum atomic E-state index is 12.6. The molecule has 2 aliphatic carbocycles. The summed E-state index contributed by atoms with van der Waals surface area (Å²) >= 11 is 0. The van der Waals surface area contributed by atoms with Crippen LogP contribution in [-0.4, -0.2) is 30.9 Å². The van der Waals surface area contributed by atoms with E-state index in [2.05, 4.69) is 0 Å². The summed E-state index contributed by atoms with van der Waals surface area (Å²) in [5.74, 6) is -1.08. The number of ketones is 1. The zero-order valence-electron chi connectivity index (χ0n) is 14.7. The van der Waals surface area contributed by atoms with Gasteiger partial charge in [-0.1, -0.05) is 30.3 Å². The molecule has 1 aromatic carbocycles. The highest BCUT2D eigenvalue weighted by atomic mass is 16.6. The van der Waals surface area contributed by atoms with Crippen LogP contribution in [0.25, 0.3) is 0 Å². The van der Waals surface area contributed by atoms with Gasteiger partial charge < -0.3 is 9.47 Å². The Hall–Kier alpha value is -2.17. The van der Waals surface area contributed by atoms with Gasteiger partial charge >= 0.3 is 11.9 Å². The van der Waals surface area contributed by atoms with Crippen molar-refractivity contribution in [2.24, 2.45) is 17.3 Å². The lowest BCUT2D eigenvalue weighted by Crippen LogP contribution is -2.41. The van der Waals surface area contributed by atoms with Crippen LogP contribution in [-0.2, 0) is 23.9 Å². The molecule has 3 atom stereocenters. The zero-order valence-corrected chi connectivity index (χ0v) is 14.7. The molecule has 0 spiro atoms. The van der Waals surface area contributed by atoms with E-state index < -0.39 is 17.4 Å². The molecule has 0 N–H and O–H groups in total. The molecule has 134 valence electrons. The molecule has 0 amide bonds. The Balaban J connectivity index is 1.92. The Bertz CT molecular complexity index is 648. The largest absolute Gasteiger partial charge is 0.465 e. The summed E-state index contributed by atoms with van der Waals surface area (Å²) in [5.41, 5.74) is -0.307. The predicted molar refractivity (Wildman–Crippen MR) is 90.7 cm³/mol. The van der Waals surface area contributed by atoms with E-state index in [4.69, 9.17) is 9.47 Å². The second-order valence-electron chi connectivity index (χ2n) is 6.91. The minimum Gasteiger partial charge on any atom is -0.465 e. The summed E-state index contributed by atoms with van der Waals surface area (Å²) in [6, 6.07) is 9.62. The van der Waals surface area contributed by atoms with E-state index >= 15 is 0 Å². The zero-order chi connectivity index (χ0) is 18.0. The van der Waals surface area contributed by atoms with Crippen LogP contribution >= 0.6 is 0 Å². The van der Waals surface area contributed by atoms with Crippen LogP contribution in [0.15, 0.2) is 30.3 Å². The Morgan fingerprint density at radius 3 is 2.20 bits per heavy atom. The first-order valence-electron chi connectivity index (χ1n) is 8.95. The second-order valence-corrected chi connectivity index (χ2v) is 6.91. The molecule has 1 aromatic rings. The lowest BCUT2D eigenvalue weighted by atomic mass is 9.80. The molecule has 5 nitrogen and oxygen atoms in total. The lowest BCUT2D eigenvalue weighted by molar-refractivity contribution is -0.172. The van der Waals surface area contributed by atoms with Crippen molar-refractivity contribution >= 4 is 17.7 Å². The number of carbonyl (C=O) groups is 3. The van der Waals surface area contributed by atoms with Crippen LogP contribution < -0.4 is 0 Å². The molecule has 2 saturated carbocycles. The van der Waals surface area contributed by atoms with Gasteiger partial charge in [0.25, 0.3) is 0 Å². The molecule has 0 bridgehead atoms. The van der Waals surface area contributed by atoms with Gasteiger partial charge in [0.2, 0.25) is 0 Å². The van der Waals surface area contributed by atoms with E-state index in [0.717, 1.165) is 5.56 Å². The summed E-state index contributed by atoms with van der Waals surface area (Å²) in [4.78, 5) is 37.8. The molecule has 5 heteroatoms. The summed E-state index contributed by atoms with van der Waals surface area (Å²) in [5, 5.41) is 0. The number of carbonyl (C=O) groups excluding carboxylic acids is 3. The van der Waals surface area contributed by atoms with Crippen molar-refractivity contribution in [1.29, 1.82) is 0 Å². The molecule has 0 aliphatic heterocycles. The van der Waals surface area contributed by atoms with Gasteiger partial charge in [0.1, 0.15) is 5.78 Å². The SMILES string of the molecule is CCOC(=O)C1(C(=O)OCC)C[C@@H]2CC(=O)[C@@H](c3ccccc3)[C@@H]2C1. The number of benzene rings is 1. The average molecular weight is 344 g/mol. The summed E-state index contributed by atoms with van der Waals surface area (Å²) < 4.78 is 10.4. The van der Waals surface area contributed by atoms with Crippen LogP contribution in [0.3, 0.4) is 0 Å². The molecule has 25 heavy (non-hydrogen) atoms. The number of fused-ring (bicyclic) bond motifs is 1. The third-order valence-electron chi connectivity index (χ3n) is 5.53. The van der Waals surface area contributed by atoms with Crippen molar-refractivity contribution in [3.8, 4) is 0 Å². The van der Waals surface area contributed by atoms with Gasteiger partial charge in [-0.25, -0.2) is 0 Å². The van der Waals surface area contributed by atoms with Crippen molar-refractivity contribution in [1.82, 2.24) is 0 Å². The molecule has 0 unspecified atom stereocenters. The Kier molecular flexibility index (Phi) is 4.93. The minimum absolute atomic E-state index is 0.0199. The lowest BCUT2D eigenvalue weighted by Gasteiger charge is -2.26. The van der Waals surface area contributed by atoms with Crippen LogP contribution in [0.5, 0.6) is 0 Å². The van der Waals surface area contributed by atoms with Crippen LogP contribution in [0.2, 0.25) is 0 Å². The third-order valence-corrected chi connectivity index (χ3v) is 5.53. The molecule has 0 radical (unpaired) electrons. The molecular formula is C20H24O5. The molecule has 0 saturated heterocycles. The smallest absolute Gasteiger partial charge is 0.323 e. The summed E-state index contributed by atoms with van der Waals surface area (Å²) in [7, 11) is 0. The van der Waals surface area contributed by atoms with E-state index in [1.165, 1.54) is 0 Å². The van der Waals surface area contributed by atoms with Gasteiger partial charge in [-0.3, -0.25) is 14.4 Å². The highest BCUT2D eigenvalue weighted by molar-refractivity contribution is 6.01. The number of rotatable bonds is 5. The Morgan fingerprint density at radius 2 is 1.64 bits per heavy atom. The van der Waals surface area contributed by atoms with Crippen molar-refractivity contribution < 1.29 is 23.9 Å². The number of ether oxygens (including phenoxy) is 2. The maximum Gasteiger partial charge on any atom is 0.323 e. The molecule has 3 rings (SSSR count). The standard InChI is InChI=1S/C20H24O5/c1-3-24-18(22)20(19(23)25-4-2)11-14-10-16(21)17(15(14)12-20)13-8-6-5-7-9-13/h5-9,14-15,17H,3-4,10-12H2,1-2H3/t14-,15+,17-/m0/s1. The normalized spacial score (nSPS) is 27.0. The van der Waals surface area contributed by atoms with Crippen LogP contribution in [0.1, 0.15) is 44.6 Å². The first-order valence-corrected chi connectivity index (χ1v) is 8.95. The van der Waals surface area contributed by atoms with Gasteiger partial charge in [-0.15, -0.1) is 0 Å². The van der Waals surface area contributed by atoms with Crippen molar-refractivity contribution in [3.63, 3.8) is 0 Å². The van der Waals surface area contributed by atoms with Gasteiger partial charge in [-0.05, 0) is 44.1 Å². The van der Waals surface area contributed by atoms with Crippen molar-refractivity contribution in [2.75, 3.05) is 13.2 Å². The van der Waals surface area contributed by atoms with Crippen LogP contribution in [0, 0.1) is 17.3 Å². The Morgan fingerprint density at radius 1 is 1.04 bits per heavy atom. The highest BCUT2D eigenvalue weighted by Gasteiger charge is 2.62. The monoisotopic (exact) mass is 344 g/mol. The predicted octanol–water partition coefficient (Wildman–Crippen LogP) is 2.88. The Labute approximate surface area is 147 Å².